The lowest BCUT2D eigenvalue weighted by atomic mass is 10.1. The summed E-state index contributed by atoms with van der Waals surface area (Å²) in [6.07, 6.45) is 1.56. The van der Waals surface area contributed by atoms with Crippen molar-refractivity contribution in [1.82, 2.24) is 10.2 Å². The number of hydrogen-bond donors (Lipinski definition) is 1. The molecule has 168 valence electrons. The van der Waals surface area contributed by atoms with Crippen molar-refractivity contribution in [3.63, 3.8) is 0 Å². The van der Waals surface area contributed by atoms with Crippen molar-refractivity contribution in [3.8, 4) is 0 Å². The maximum absolute atomic E-state index is 13.2. The molecule has 1 N–H and O–H groups in total. The highest BCUT2D eigenvalue weighted by Crippen LogP contribution is 2.25. The molecule has 0 aromatic heterocycles. The Morgan fingerprint density at radius 3 is 2.32 bits per heavy atom. The number of halogens is 1. The monoisotopic (exact) mass is 465 g/mol. The molecule has 0 unspecified atom stereocenters. The van der Waals surface area contributed by atoms with Crippen molar-refractivity contribution in [1.29, 1.82) is 0 Å². The highest BCUT2D eigenvalue weighted by molar-refractivity contribution is 7.92. The molecular formula is C22H28ClN3O4S. The quantitative estimate of drug-likeness (QED) is 0.616. The number of aryl methyl sites for hydroxylation is 1. The van der Waals surface area contributed by atoms with E-state index >= 15 is 0 Å². The van der Waals surface area contributed by atoms with Crippen LogP contribution in [0.15, 0.2) is 48.5 Å². The molecule has 0 saturated carbocycles. The van der Waals surface area contributed by atoms with Gasteiger partial charge in [0, 0.05) is 18.6 Å². The largest absolute Gasteiger partial charge is 0.357 e. The topological polar surface area (TPSA) is 86.8 Å². The van der Waals surface area contributed by atoms with Crippen LogP contribution >= 0.6 is 11.6 Å². The van der Waals surface area contributed by atoms with Crippen molar-refractivity contribution in [2.75, 3.05) is 30.7 Å². The van der Waals surface area contributed by atoms with E-state index in [9.17, 15) is 18.0 Å². The molecule has 0 radical (unpaired) electrons. The lowest BCUT2D eigenvalue weighted by molar-refractivity contribution is -0.138. The third-order valence-corrected chi connectivity index (χ3v) is 6.57. The first-order valence-electron chi connectivity index (χ1n) is 9.83. The van der Waals surface area contributed by atoms with Crippen molar-refractivity contribution < 1.29 is 18.0 Å². The summed E-state index contributed by atoms with van der Waals surface area (Å²) >= 11 is 6.17. The van der Waals surface area contributed by atoms with E-state index < -0.39 is 28.5 Å². The fourth-order valence-electron chi connectivity index (χ4n) is 3.13. The molecule has 2 aromatic rings. The van der Waals surface area contributed by atoms with Gasteiger partial charge in [-0.05, 0) is 43.5 Å². The summed E-state index contributed by atoms with van der Waals surface area (Å²) in [5.74, 6) is -0.806. The van der Waals surface area contributed by atoms with Crippen LogP contribution in [0.2, 0.25) is 5.02 Å². The van der Waals surface area contributed by atoms with E-state index in [0.29, 0.717) is 17.1 Å². The second-order valence-corrected chi connectivity index (χ2v) is 9.63. The summed E-state index contributed by atoms with van der Waals surface area (Å²) in [5.41, 5.74) is 2.10. The van der Waals surface area contributed by atoms with Gasteiger partial charge in [0.05, 0.1) is 11.9 Å². The Balaban J connectivity index is 2.31. The zero-order chi connectivity index (χ0) is 23.2. The van der Waals surface area contributed by atoms with E-state index in [2.05, 4.69) is 5.32 Å². The Bertz CT molecular complexity index is 1030. The maximum Gasteiger partial charge on any atom is 0.244 e. The average molecular weight is 466 g/mol. The molecule has 31 heavy (non-hydrogen) atoms. The van der Waals surface area contributed by atoms with Gasteiger partial charge < -0.3 is 10.2 Å². The standard InChI is InChI=1S/C22H28ClN3O4S/c1-16-10-11-19(14-20(16)23)26(31(4,29)30)15-21(27)25(17(2)22(28)24-3)13-12-18-8-6-5-7-9-18/h5-11,14,17H,12-13,15H2,1-4H3,(H,24,28)/t17-/m0/s1. The summed E-state index contributed by atoms with van der Waals surface area (Å²) in [4.78, 5) is 26.9. The first kappa shape index (κ1) is 24.7. The molecule has 2 aromatic carbocycles. The lowest BCUT2D eigenvalue weighted by Crippen LogP contribution is -2.51. The van der Waals surface area contributed by atoms with Crippen LogP contribution in [0.3, 0.4) is 0 Å². The molecule has 0 aliphatic rings. The van der Waals surface area contributed by atoms with E-state index in [-0.39, 0.29) is 12.5 Å². The van der Waals surface area contributed by atoms with Crippen LogP contribution in [0.25, 0.3) is 0 Å². The number of nitrogens with one attached hydrogen (secondary N) is 1. The van der Waals surface area contributed by atoms with Crippen LogP contribution < -0.4 is 9.62 Å². The molecule has 0 bridgehead atoms. The Morgan fingerprint density at radius 1 is 1.13 bits per heavy atom. The van der Waals surface area contributed by atoms with Crippen LogP contribution in [0, 0.1) is 6.92 Å². The van der Waals surface area contributed by atoms with Gasteiger partial charge in [-0.2, -0.15) is 0 Å². The fraction of sp³-hybridized carbons (Fsp3) is 0.364. The van der Waals surface area contributed by atoms with E-state index in [4.69, 9.17) is 11.6 Å². The van der Waals surface area contributed by atoms with Gasteiger partial charge in [0.25, 0.3) is 0 Å². The van der Waals surface area contributed by atoms with E-state index in [1.807, 2.05) is 30.3 Å². The molecule has 1 atom stereocenters. The number of sulfonamides is 1. The number of amides is 2. The number of hydrogen-bond acceptors (Lipinski definition) is 4. The molecule has 7 nitrogen and oxygen atoms in total. The van der Waals surface area contributed by atoms with Gasteiger partial charge in [0.1, 0.15) is 12.6 Å². The smallest absolute Gasteiger partial charge is 0.244 e. The first-order chi connectivity index (χ1) is 14.5. The van der Waals surface area contributed by atoms with Gasteiger partial charge in [-0.3, -0.25) is 13.9 Å². The zero-order valence-electron chi connectivity index (χ0n) is 18.1. The number of carbonyl (C=O) groups excluding carboxylic acids is 2. The zero-order valence-corrected chi connectivity index (χ0v) is 19.7. The van der Waals surface area contributed by atoms with E-state index in [1.165, 1.54) is 18.0 Å². The Kier molecular flexibility index (Phi) is 8.47. The number of likely N-dealkylation sites (N-methyl/N-ethyl adjacent to an activating group) is 1. The molecule has 0 saturated heterocycles. The van der Waals surface area contributed by atoms with Crippen LogP contribution in [0.4, 0.5) is 5.69 Å². The molecular weight excluding hydrogens is 438 g/mol. The van der Waals surface area contributed by atoms with Crippen LogP contribution in [0.5, 0.6) is 0 Å². The van der Waals surface area contributed by atoms with Crippen LogP contribution in [-0.4, -0.2) is 57.6 Å². The van der Waals surface area contributed by atoms with Gasteiger partial charge in [-0.15, -0.1) is 0 Å². The minimum Gasteiger partial charge on any atom is -0.357 e. The Labute approximate surface area is 189 Å². The summed E-state index contributed by atoms with van der Waals surface area (Å²) in [7, 11) is -2.27. The van der Waals surface area contributed by atoms with Gasteiger partial charge >= 0.3 is 0 Å². The second-order valence-electron chi connectivity index (χ2n) is 7.32. The summed E-state index contributed by atoms with van der Waals surface area (Å²) in [6.45, 7) is 3.26. The fourth-order valence-corrected chi connectivity index (χ4v) is 4.15. The number of anilines is 1. The number of rotatable bonds is 9. The summed E-state index contributed by atoms with van der Waals surface area (Å²) < 4.78 is 25.9. The van der Waals surface area contributed by atoms with Crippen LogP contribution in [0.1, 0.15) is 18.1 Å². The number of benzene rings is 2. The molecule has 2 rings (SSSR count). The predicted molar refractivity (Wildman–Crippen MR) is 124 cm³/mol. The number of carbonyl (C=O) groups is 2. The Morgan fingerprint density at radius 2 is 1.77 bits per heavy atom. The molecule has 0 heterocycles. The minimum absolute atomic E-state index is 0.268. The molecule has 2 amide bonds. The normalized spacial score (nSPS) is 12.2. The van der Waals surface area contributed by atoms with E-state index in [1.54, 1.807) is 26.0 Å². The van der Waals surface area contributed by atoms with Crippen molar-refractivity contribution in [2.24, 2.45) is 0 Å². The first-order valence-corrected chi connectivity index (χ1v) is 12.1. The van der Waals surface area contributed by atoms with Crippen LogP contribution in [-0.2, 0) is 26.0 Å². The SMILES string of the molecule is CNC(=O)[C@H](C)N(CCc1ccccc1)C(=O)CN(c1ccc(C)c(Cl)c1)S(C)(=O)=O. The highest BCUT2D eigenvalue weighted by Gasteiger charge is 2.29. The van der Waals surface area contributed by atoms with Gasteiger partial charge in [-0.25, -0.2) is 8.42 Å². The van der Waals surface area contributed by atoms with Crippen molar-refractivity contribution >= 4 is 39.1 Å². The summed E-state index contributed by atoms with van der Waals surface area (Å²) in [5, 5.41) is 2.95. The van der Waals surface area contributed by atoms with Crippen molar-refractivity contribution in [2.45, 2.75) is 26.3 Å². The minimum atomic E-state index is -3.77. The lowest BCUT2D eigenvalue weighted by Gasteiger charge is -2.31. The third-order valence-electron chi connectivity index (χ3n) is 5.02. The second kappa shape index (κ2) is 10.6. The predicted octanol–water partition coefficient (Wildman–Crippen LogP) is 2.62. The number of nitrogens with zero attached hydrogens (tertiary/aromatic N) is 2. The highest BCUT2D eigenvalue weighted by atomic mass is 35.5. The average Bonchev–Trinajstić information content (AvgIpc) is 2.73. The molecule has 9 heteroatoms. The molecule has 0 spiro atoms. The van der Waals surface area contributed by atoms with Gasteiger partial charge in [0.2, 0.25) is 21.8 Å². The van der Waals surface area contributed by atoms with Crippen molar-refractivity contribution in [3.05, 3.63) is 64.7 Å². The van der Waals surface area contributed by atoms with Gasteiger partial charge in [0.15, 0.2) is 0 Å². The molecule has 0 fully saturated rings. The third kappa shape index (κ3) is 6.70. The van der Waals surface area contributed by atoms with E-state index in [0.717, 1.165) is 21.7 Å². The van der Waals surface area contributed by atoms with Gasteiger partial charge in [-0.1, -0.05) is 48.0 Å². The molecule has 0 aliphatic heterocycles. The maximum atomic E-state index is 13.2. The molecule has 0 aliphatic carbocycles. The Hall–Kier alpha value is -2.58. The summed E-state index contributed by atoms with van der Waals surface area (Å²) in [6, 6.07) is 13.6.